The molecule has 9 heterocycles. The minimum absolute atomic E-state index is 0.512. The minimum atomic E-state index is 0.512. The molecule has 0 N–H and O–H groups in total. The summed E-state index contributed by atoms with van der Waals surface area (Å²) in [7, 11) is 0. The van der Waals surface area contributed by atoms with Gasteiger partial charge in [-0.3, -0.25) is 9.97 Å². The van der Waals surface area contributed by atoms with Gasteiger partial charge >= 0.3 is 0 Å². The molecular weight excluding hydrogens is 1600 g/mol. The van der Waals surface area contributed by atoms with E-state index in [1.807, 2.05) is 146 Å². The summed E-state index contributed by atoms with van der Waals surface area (Å²) in [6, 6.07) is 156. The molecule has 0 unspecified atom stereocenters. The maximum atomic E-state index is 5.10. The Balaban J connectivity index is 0.000000147. The van der Waals surface area contributed by atoms with E-state index in [0.29, 0.717) is 46.3 Å². The molecule has 0 atom stereocenters. The van der Waals surface area contributed by atoms with Crippen LogP contribution in [-0.2, 0) is 0 Å². The zero-order valence-electron chi connectivity index (χ0n) is 70.6. The molecule has 26 aromatic rings. The summed E-state index contributed by atoms with van der Waals surface area (Å²) < 4.78 is 11.7. The Morgan fingerprint density at radius 1 is 0.130 bits per heavy atom. The monoisotopic (exact) mass is 1670 g/mol. The Kier molecular flexibility index (Phi) is 18.2. The topological polar surface area (TPSA) is 128 Å². The SMILES string of the molecule is c1ccc(-c2nc(-c3ccccc3)nc(-c3ccc(-n4c5ccc(-c6ccc7c(c6)c6ccccc6n7-c6ccccc6)cc5c5cc(-c6ccc7c(c6)c6ccccc6n7-c6ccccc6)ccc54)cn3)n2)cc1.c1ccc(-c2nc(-c3ccccc3)nc(-c3ccc(-n4c5ccccc5c5cc(-c6ccc7c(c6)c6ccccc6n7-c6ccccc6)ccc54)cn3)n2)cc1. The lowest BCUT2D eigenvalue weighted by Crippen LogP contribution is -2.02. The maximum Gasteiger partial charge on any atom is 0.182 e. The molecule has 0 saturated carbocycles. The number of benzene rings is 17. The number of rotatable bonds is 14. The van der Waals surface area contributed by atoms with Crippen molar-refractivity contribution in [3.63, 3.8) is 0 Å². The smallest absolute Gasteiger partial charge is 0.182 e. The molecule has 0 fully saturated rings. The van der Waals surface area contributed by atoms with Crippen LogP contribution in [0.2, 0.25) is 0 Å². The molecule has 0 aliphatic heterocycles. The van der Waals surface area contributed by atoms with E-state index < -0.39 is 0 Å². The number of para-hydroxylation sites is 7. The second-order valence-corrected chi connectivity index (χ2v) is 33.0. The molecule has 612 valence electrons. The van der Waals surface area contributed by atoms with E-state index in [-0.39, 0.29) is 0 Å². The Morgan fingerprint density at radius 2 is 0.321 bits per heavy atom. The summed E-state index contributed by atoms with van der Waals surface area (Å²) in [4.78, 5) is 39.5. The van der Waals surface area contributed by atoms with Crippen LogP contribution in [-0.4, -0.2) is 62.7 Å². The highest BCUT2D eigenvalue weighted by molar-refractivity contribution is 6.17. The Hall–Kier alpha value is -17.9. The molecule has 17 aromatic carbocycles. The minimum Gasteiger partial charge on any atom is -0.309 e. The number of fused-ring (bicyclic) bond motifs is 15. The van der Waals surface area contributed by atoms with Crippen LogP contribution >= 0.6 is 0 Å². The normalized spacial score (nSPS) is 11.7. The van der Waals surface area contributed by atoms with Crippen LogP contribution < -0.4 is 0 Å². The van der Waals surface area contributed by atoms with Gasteiger partial charge in [0.15, 0.2) is 34.9 Å². The molecule has 13 heteroatoms. The van der Waals surface area contributed by atoms with Crippen molar-refractivity contribution < 1.29 is 0 Å². The standard InChI is InChI=1S/C68H43N7.C50H32N6/c1-5-17-44(18-6-1)66-70-67(45-19-7-2-8-20-45)72-68(71-66)59-34-33-52(43-69-59)75-64-37-31-48(46-29-35-62-55(39-46)53-25-13-15-27-60(53)73(62)50-21-9-3-10-22-50)41-57(64)58-42-49(32-38-65(58)75)47-30-36-63-56(40-47)54-26-14-16-28-61(54)74(63)51-23-11-4-12-24-51;1-4-14-33(15-5-1)48-52-49(34-16-6-2-7-17-34)54-50(53-48)43-27-26-38(32-51-43)56-45-23-13-11-21-40(45)42-31-36(25-29-47(42)56)35-24-28-46-41(30-35)39-20-10-12-22-44(39)55(46)37-18-8-3-9-19-37/h1-43H;1-32H. The van der Waals surface area contributed by atoms with Gasteiger partial charge in [-0.25, -0.2) is 29.9 Å². The van der Waals surface area contributed by atoms with Crippen LogP contribution in [0.3, 0.4) is 0 Å². The third-order valence-electron chi connectivity index (χ3n) is 25.4. The van der Waals surface area contributed by atoms with Crippen molar-refractivity contribution >= 4 is 109 Å². The molecule has 0 radical (unpaired) electrons. The molecule has 0 saturated heterocycles. The van der Waals surface area contributed by atoms with Gasteiger partial charge in [0.1, 0.15) is 11.4 Å². The van der Waals surface area contributed by atoms with E-state index in [1.165, 1.54) is 87.3 Å². The number of nitrogens with zero attached hydrogens (tertiary/aromatic N) is 13. The number of pyridine rings is 2. The van der Waals surface area contributed by atoms with Gasteiger partial charge in [-0.05, 0) is 191 Å². The first kappa shape index (κ1) is 75.6. The van der Waals surface area contributed by atoms with Crippen molar-refractivity contribution in [3.8, 4) is 130 Å². The van der Waals surface area contributed by atoms with Crippen LogP contribution in [0.4, 0.5) is 0 Å². The summed E-state index contributed by atoms with van der Waals surface area (Å²) in [6.45, 7) is 0. The zero-order chi connectivity index (χ0) is 86.4. The highest BCUT2D eigenvalue weighted by Crippen LogP contribution is 2.45. The average molecular weight is 1670 g/mol. The summed E-state index contributed by atoms with van der Waals surface area (Å²) >= 11 is 0. The first-order chi connectivity index (χ1) is 64.9. The summed E-state index contributed by atoms with van der Waals surface area (Å²) in [5.41, 5.74) is 28.9. The Morgan fingerprint density at radius 3 is 0.550 bits per heavy atom. The van der Waals surface area contributed by atoms with Gasteiger partial charge in [-0.1, -0.05) is 285 Å². The molecule has 9 aromatic heterocycles. The fourth-order valence-electron chi connectivity index (χ4n) is 19.3. The summed E-state index contributed by atoms with van der Waals surface area (Å²) in [6.07, 6.45) is 3.86. The van der Waals surface area contributed by atoms with Crippen molar-refractivity contribution in [1.82, 2.24) is 62.7 Å². The van der Waals surface area contributed by atoms with Crippen LogP contribution in [0.1, 0.15) is 0 Å². The van der Waals surface area contributed by atoms with Crippen molar-refractivity contribution in [2.45, 2.75) is 0 Å². The van der Waals surface area contributed by atoms with Gasteiger partial charge in [0.05, 0.1) is 78.9 Å². The third kappa shape index (κ3) is 13.3. The summed E-state index contributed by atoms with van der Waals surface area (Å²) in [5.74, 6) is 3.46. The molecule has 26 rings (SSSR count). The third-order valence-corrected chi connectivity index (χ3v) is 25.4. The lowest BCUT2D eigenvalue weighted by Gasteiger charge is -2.11. The second-order valence-electron chi connectivity index (χ2n) is 33.0. The van der Waals surface area contributed by atoms with Gasteiger partial charge in [-0.15, -0.1) is 0 Å². The van der Waals surface area contributed by atoms with Crippen molar-refractivity contribution in [2.24, 2.45) is 0 Å². The summed E-state index contributed by atoms with van der Waals surface area (Å²) in [5, 5.41) is 12.1. The van der Waals surface area contributed by atoms with E-state index >= 15 is 0 Å². The van der Waals surface area contributed by atoms with Gasteiger partial charge < -0.3 is 22.8 Å². The molecule has 131 heavy (non-hydrogen) atoms. The predicted molar refractivity (Wildman–Crippen MR) is 536 cm³/mol. The molecule has 0 aliphatic carbocycles. The van der Waals surface area contributed by atoms with Crippen molar-refractivity contribution in [2.75, 3.05) is 0 Å². The average Bonchev–Trinajstić information content (AvgIpc) is 1.58. The largest absolute Gasteiger partial charge is 0.309 e. The number of aromatic nitrogens is 13. The van der Waals surface area contributed by atoms with E-state index in [4.69, 9.17) is 39.9 Å². The lowest BCUT2D eigenvalue weighted by molar-refractivity contribution is 1.05. The van der Waals surface area contributed by atoms with E-state index in [0.717, 1.165) is 106 Å². The molecule has 0 aliphatic rings. The van der Waals surface area contributed by atoms with Crippen LogP contribution in [0.15, 0.2) is 455 Å². The molecule has 13 nitrogen and oxygen atoms in total. The first-order valence-electron chi connectivity index (χ1n) is 44.0. The Labute approximate surface area is 752 Å². The van der Waals surface area contributed by atoms with Gasteiger partial charge in [-0.2, -0.15) is 0 Å². The molecule has 0 spiro atoms. The van der Waals surface area contributed by atoms with Crippen LogP contribution in [0, 0.1) is 0 Å². The van der Waals surface area contributed by atoms with E-state index in [1.54, 1.807) is 0 Å². The highest BCUT2D eigenvalue weighted by atomic mass is 15.1. The van der Waals surface area contributed by atoms with Gasteiger partial charge in [0, 0.05) is 93.2 Å². The second kappa shape index (κ2) is 31.6. The maximum absolute atomic E-state index is 5.10. The van der Waals surface area contributed by atoms with E-state index in [9.17, 15) is 0 Å². The van der Waals surface area contributed by atoms with Crippen LogP contribution in [0.25, 0.3) is 239 Å². The van der Waals surface area contributed by atoms with Gasteiger partial charge in [0.2, 0.25) is 0 Å². The molecular formula is C118H75N13. The Bertz CT molecular complexity index is 8590. The zero-order valence-corrected chi connectivity index (χ0v) is 70.6. The van der Waals surface area contributed by atoms with Gasteiger partial charge in [0.25, 0.3) is 0 Å². The fourth-order valence-corrected chi connectivity index (χ4v) is 19.3. The number of hydrogen-bond acceptors (Lipinski definition) is 8. The quantitative estimate of drug-likeness (QED) is 0.105. The lowest BCUT2D eigenvalue weighted by atomic mass is 9.98. The van der Waals surface area contributed by atoms with E-state index in [2.05, 4.69) is 332 Å². The van der Waals surface area contributed by atoms with Crippen molar-refractivity contribution in [1.29, 1.82) is 0 Å². The number of hydrogen-bond donors (Lipinski definition) is 0. The van der Waals surface area contributed by atoms with Crippen LogP contribution in [0.5, 0.6) is 0 Å². The predicted octanol–water partition coefficient (Wildman–Crippen LogP) is 29.0. The first-order valence-corrected chi connectivity index (χ1v) is 44.0. The highest BCUT2D eigenvalue weighted by Gasteiger charge is 2.24. The molecule has 0 amide bonds. The van der Waals surface area contributed by atoms with Crippen molar-refractivity contribution in [3.05, 3.63) is 455 Å². The molecule has 0 bridgehead atoms. The fraction of sp³-hybridized carbons (Fsp3) is 0.